The molecular weight excluding hydrogens is 170 g/mol. The van der Waals surface area contributed by atoms with Gasteiger partial charge in [0.15, 0.2) is 0 Å². The largest absolute Gasteiger partial charge is 0.386 e. The lowest BCUT2D eigenvalue weighted by Gasteiger charge is -2.22. The van der Waals surface area contributed by atoms with Gasteiger partial charge >= 0.3 is 0 Å². The second kappa shape index (κ2) is 6.69. The molecule has 0 fully saturated rings. The van der Waals surface area contributed by atoms with Crippen LogP contribution in [0.4, 0.5) is 0 Å². The van der Waals surface area contributed by atoms with E-state index in [1.54, 1.807) is 0 Å². The molecule has 1 heteroatoms. The monoisotopic (exact) mass is 195 g/mol. The SMILES string of the molecule is C=C(CC)CC(CC)C(=C)NC(C)C. The molecule has 82 valence electrons. The molecule has 0 spiro atoms. The van der Waals surface area contributed by atoms with Gasteiger partial charge in [-0.15, -0.1) is 0 Å². The first-order chi connectivity index (χ1) is 6.51. The Bertz CT molecular complexity index is 191. The quantitative estimate of drug-likeness (QED) is 0.608. The van der Waals surface area contributed by atoms with Gasteiger partial charge in [0.1, 0.15) is 0 Å². The maximum Gasteiger partial charge on any atom is 0.0201 e. The van der Waals surface area contributed by atoms with E-state index in [-0.39, 0.29) is 0 Å². The molecule has 0 aliphatic carbocycles. The van der Waals surface area contributed by atoms with Crippen molar-refractivity contribution in [1.29, 1.82) is 0 Å². The Morgan fingerprint density at radius 1 is 1.21 bits per heavy atom. The molecule has 0 bridgehead atoms. The Morgan fingerprint density at radius 3 is 2.14 bits per heavy atom. The highest BCUT2D eigenvalue weighted by Gasteiger charge is 2.11. The Morgan fingerprint density at radius 2 is 1.79 bits per heavy atom. The van der Waals surface area contributed by atoms with Crippen molar-refractivity contribution in [3.63, 3.8) is 0 Å². The van der Waals surface area contributed by atoms with Crippen LogP contribution in [0.15, 0.2) is 24.4 Å². The average molecular weight is 195 g/mol. The molecule has 0 aliphatic rings. The van der Waals surface area contributed by atoms with Crippen molar-refractivity contribution in [2.45, 2.75) is 53.0 Å². The van der Waals surface area contributed by atoms with E-state index in [4.69, 9.17) is 0 Å². The third-order valence-electron chi connectivity index (χ3n) is 2.49. The van der Waals surface area contributed by atoms with E-state index in [2.05, 4.69) is 46.2 Å². The van der Waals surface area contributed by atoms with E-state index in [1.165, 1.54) is 5.57 Å². The van der Waals surface area contributed by atoms with Crippen LogP contribution < -0.4 is 5.32 Å². The number of hydrogen-bond acceptors (Lipinski definition) is 1. The van der Waals surface area contributed by atoms with Crippen LogP contribution in [-0.2, 0) is 0 Å². The van der Waals surface area contributed by atoms with Gasteiger partial charge in [-0.1, -0.05) is 32.6 Å². The van der Waals surface area contributed by atoms with Crippen molar-refractivity contribution in [2.24, 2.45) is 5.92 Å². The van der Waals surface area contributed by atoms with Gasteiger partial charge in [-0.25, -0.2) is 0 Å². The predicted octanol–water partition coefficient (Wildman–Crippen LogP) is 3.88. The highest BCUT2D eigenvalue weighted by atomic mass is 14.9. The van der Waals surface area contributed by atoms with Crippen LogP contribution in [0.3, 0.4) is 0 Å². The fourth-order valence-corrected chi connectivity index (χ4v) is 1.50. The van der Waals surface area contributed by atoms with E-state index in [0.29, 0.717) is 12.0 Å². The number of allylic oxidation sites excluding steroid dienone is 2. The summed E-state index contributed by atoms with van der Waals surface area (Å²) in [5.41, 5.74) is 2.49. The van der Waals surface area contributed by atoms with Gasteiger partial charge in [-0.3, -0.25) is 0 Å². The first-order valence-corrected chi connectivity index (χ1v) is 5.63. The smallest absolute Gasteiger partial charge is 0.0201 e. The number of hydrogen-bond donors (Lipinski definition) is 1. The zero-order valence-electron chi connectivity index (χ0n) is 10.2. The summed E-state index contributed by atoms with van der Waals surface area (Å²) < 4.78 is 0. The lowest BCUT2D eigenvalue weighted by atomic mass is 9.93. The van der Waals surface area contributed by atoms with E-state index >= 15 is 0 Å². The average Bonchev–Trinajstić information content (AvgIpc) is 2.12. The Balaban J connectivity index is 4.12. The first-order valence-electron chi connectivity index (χ1n) is 5.63. The van der Waals surface area contributed by atoms with Gasteiger partial charge in [0.2, 0.25) is 0 Å². The summed E-state index contributed by atoms with van der Waals surface area (Å²) in [5.74, 6) is 0.546. The van der Waals surface area contributed by atoms with Crippen molar-refractivity contribution in [1.82, 2.24) is 5.32 Å². The highest BCUT2D eigenvalue weighted by Crippen LogP contribution is 2.21. The van der Waals surface area contributed by atoms with Crippen LogP contribution in [0.25, 0.3) is 0 Å². The maximum absolute atomic E-state index is 4.10. The van der Waals surface area contributed by atoms with Crippen LogP contribution in [0.5, 0.6) is 0 Å². The zero-order valence-corrected chi connectivity index (χ0v) is 10.2. The Labute approximate surface area is 89.3 Å². The fraction of sp³-hybridized carbons (Fsp3) is 0.692. The van der Waals surface area contributed by atoms with E-state index < -0.39 is 0 Å². The summed E-state index contributed by atoms with van der Waals surface area (Å²) in [6.07, 6.45) is 3.29. The molecule has 0 aliphatic heterocycles. The molecule has 1 N–H and O–H groups in total. The molecule has 0 aromatic heterocycles. The molecule has 0 aromatic rings. The summed E-state index contributed by atoms with van der Waals surface area (Å²) in [6, 6.07) is 0.478. The summed E-state index contributed by atoms with van der Waals surface area (Å²) >= 11 is 0. The van der Waals surface area contributed by atoms with Crippen LogP contribution in [-0.4, -0.2) is 6.04 Å². The number of nitrogens with one attached hydrogen (secondary N) is 1. The number of rotatable bonds is 7. The zero-order chi connectivity index (χ0) is 11.1. The molecule has 1 unspecified atom stereocenters. The van der Waals surface area contributed by atoms with Crippen LogP contribution in [0.1, 0.15) is 47.0 Å². The molecule has 1 nitrogen and oxygen atoms in total. The summed E-state index contributed by atoms with van der Waals surface area (Å²) in [6.45, 7) is 16.8. The lowest BCUT2D eigenvalue weighted by Crippen LogP contribution is -2.26. The maximum atomic E-state index is 4.10. The molecule has 0 rings (SSSR count). The third-order valence-corrected chi connectivity index (χ3v) is 2.49. The summed E-state index contributed by atoms with van der Waals surface area (Å²) in [5, 5.41) is 3.39. The molecule has 14 heavy (non-hydrogen) atoms. The highest BCUT2D eigenvalue weighted by molar-refractivity contribution is 5.05. The predicted molar refractivity (Wildman–Crippen MR) is 65.2 cm³/mol. The van der Waals surface area contributed by atoms with Gasteiger partial charge in [0.05, 0.1) is 0 Å². The second-order valence-corrected chi connectivity index (χ2v) is 4.24. The second-order valence-electron chi connectivity index (χ2n) is 4.24. The third kappa shape index (κ3) is 5.11. The van der Waals surface area contributed by atoms with Crippen molar-refractivity contribution in [3.05, 3.63) is 24.4 Å². The van der Waals surface area contributed by atoms with Crippen LogP contribution in [0, 0.1) is 5.92 Å². The molecule has 0 aromatic carbocycles. The van der Waals surface area contributed by atoms with E-state index in [1.807, 2.05) is 0 Å². The van der Waals surface area contributed by atoms with Gasteiger partial charge < -0.3 is 5.32 Å². The van der Waals surface area contributed by atoms with E-state index in [9.17, 15) is 0 Å². The minimum Gasteiger partial charge on any atom is -0.386 e. The van der Waals surface area contributed by atoms with E-state index in [0.717, 1.165) is 25.0 Å². The summed E-state index contributed by atoms with van der Waals surface area (Å²) in [7, 11) is 0. The molecule has 0 saturated carbocycles. The summed E-state index contributed by atoms with van der Waals surface area (Å²) in [4.78, 5) is 0. The standard InChI is InChI=1S/C13H25N/c1-7-11(5)9-13(8-2)12(6)14-10(3)4/h10,13-14H,5-9H2,1-4H3. The first kappa shape index (κ1) is 13.3. The molecule has 0 heterocycles. The van der Waals surface area contributed by atoms with Gasteiger partial charge in [0.25, 0.3) is 0 Å². The Kier molecular flexibility index (Phi) is 6.35. The van der Waals surface area contributed by atoms with Crippen molar-refractivity contribution >= 4 is 0 Å². The van der Waals surface area contributed by atoms with Crippen molar-refractivity contribution in [3.8, 4) is 0 Å². The van der Waals surface area contributed by atoms with Gasteiger partial charge in [0, 0.05) is 17.7 Å². The molecule has 0 saturated heterocycles. The molecule has 0 radical (unpaired) electrons. The van der Waals surface area contributed by atoms with Gasteiger partial charge in [-0.05, 0) is 33.1 Å². The van der Waals surface area contributed by atoms with Crippen LogP contribution in [0.2, 0.25) is 0 Å². The fourth-order valence-electron chi connectivity index (χ4n) is 1.50. The Hall–Kier alpha value is -0.720. The molecule has 0 amide bonds. The minimum absolute atomic E-state index is 0.478. The van der Waals surface area contributed by atoms with Crippen molar-refractivity contribution in [2.75, 3.05) is 0 Å². The topological polar surface area (TPSA) is 12.0 Å². The normalized spacial score (nSPS) is 12.6. The minimum atomic E-state index is 0.478. The van der Waals surface area contributed by atoms with Gasteiger partial charge in [-0.2, -0.15) is 0 Å². The van der Waals surface area contributed by atoms with Crippen molar-refractivity contribution < 1.29 is 0 Å². The van der Waals surface area contributed by atoms with Crippen LogP contribution >= 0.6 is 0 Å². The lowest BCUT2D eigenvalue weighted by molar-refractivity contribution is 0.509. The molecular formula is C13H25N. The molecule has 1 atom stereocenters.